The zero-order chi connectivity index (χ0) is 25.7. The molecule has 2 aliphatic rings. The minimum atomic E-state index is -0.128. The molecule has 0 aliphatic carbocycles. The summed E-state index contributed by atoms with van der Waals surface area (Å²) in [5.41, 5.74) is 5.16. The van der Waals surface area contributed by atoms with Crippen molar-refractivity contribution in [1.82, 2.24) is 24.6 Å². The molecule has 0 bridgehead atoms. The molecule has 2 fully saturated rings. The van der Waals surface area contributed by atoms with Gasteiger partial charge in [-0.15, -0.1) is 0 Å². The van der Waals surface area contributed by atoms with Gasteiger partial charge in [0, 0.05) is 60.3 Å². The van der Waals surface area contributed by atoms with Crippen LogP contribution in [0.5, 0.6) is 5.75 Å². The lowest BCUT2D eigenvalue weighted by atomic mass is 10.0. The monoisotopic (exact) mass is 514 g/mol. The van der Waals surface area contributed by atoms with E-state index in [2.05, 4.69) is 38.3 Å². The number of morpholine rings is 1. The lowest BCUT2D eigenvalue weighted by Gasteiger charge is -2.26. The van der Waals surface area contributed by atoms with Crippen LogP contribution in [0.2, 0.25) is 0 Å². The van der Waals surface area contributed by atoms with Crippen molar-refractivity contribution >= 4 is 11.0 Å². The second kappa shape index (κ2) is 11.3. The molecule has 2 saturated heterocycles. The normalized spacial score (nSPS) is 18.4. The molecule has 6 rings (SSSR count). The molecule has 1 unspecified atom stereocenters. The zero-order valence-electron chi connectivity index (χ0n) is 21.1. The number of nitriles is 1. The van der Waals surface area contributed by atoms with E-state index < -0.39 is 0 Å². The number of fused-ring (bicyclic) bond motifs is 1. The number of H-pyrrole nitrogens is 1. The predicted octanol–water partition coefficient (Wildman–Crippen LogP) is 3.09. The quantitative estimate of drug-likeness (QED) is 0.382. The Hall–Kier alpha value is -3.75. The van der Waals surface area contributed by atoms with Crippen molar-refractivity contribution in [2.45, 2.75) is 12.6 Å². The molecule has 0 spiro atoms. The number of hydrogen-bond donors (Lipinski definition) is 1. The SMILES string of the molecule is N#Cc1cc(-c2c[nH]c3ncc(-c4cnn(CCN5CCOCC5)c4)cc23)ccc1OCC1COCCO1. The summed E-state index contributed by atoms with van der Waals surface area (Å²) < 4.78 is 24.4. The highest BCUT2D eigenvalue weighted by Gasteiger charge is 2.17. The molecule has 0 saturated carbocycles. The summed E-state index contributed by atoms with van der Waals surface area (Å²) in [6.45, 7) is 7.31. The van der Waals surface area contributed by atoms with Crippen molar-refractivity contribution in [2.24, 2.45) is 0 Å². The summed E-state index contributed by atoms with van der Waals surface area (Å²) >= 11 is 0. The Bertz CT molecular complexity index is 1430. The molecular formula is C28H30N6O4. The van der Waals surface area contributed by atoms with Crippen LogP contribution in [0.4, 0.5) is 0 Å². The highest BCUT2D eigenvalue weighted by Crippen LogP contribution is 2.33. The summed E-state index contributed by atoms with van der Waals surface area (Å²) in [6, 6.07) is 10.0. The first-order chi connectivity index (χ1) is 18.8. The Labute approximate surface area is 220 Å². The van der Waals surface area contributed by atoms with Crippen LogP contribution in [0, 0.1) is 11.3 Å². The van der Waals surface area contributed by atoms with Gasteiger partial charge in [-0.3, -0.25) is 9.58 Å². The van der Waals surface area contributed by atoms with Gasteiger partial charge in [-0.1, -0.05) is 6.07 Å². The summed E-state index contributed by atoms with van der Waals surface area (Å²) in [5.74, 6) is 0.536. The smallest absolute Gasteiger partial charge is 0.137 e. The predicted molar refractivity (Wildman–Crippen MR) is 141 cm³/mol. The molecular weight excluding hydrogens is 484 g/mol. The second-order valence-corrected chi connectivity index (χ2v) is 9.47. The average molecular weight is 515 g/mol. The first kappa shape index (κ1) is 24.6. The maximum absolute atomic E-state index is 9.79. The minimum absolute atomic E-state index is 0.128. The van der Waals surface area contributed by atoms with E-state index in [0.29, 0.717) is 37.7 Å². The van der Waals surface area contributed by atoms with Crippen molar-refractivity contribution < 1.29 is 18.9 Å². The molecule has 3 aromatic heterocycles. The Morgan fingerprint density at radius 2 is 1.95 bits per heavy atom. The third kappa shape index (κ3) is 5.42. The fourth-order valence-electron chi connectivity index (χ4n) is 4.83. The number of aromatic nitrogens is 4. The van der Waals surface area contributed by atoms with Crippen molar-refractivity contribution in [3.63, 3.8) is 0 Å². The molecule has 10 heteroatoms. The molecule has 5 heterocycles. The second-order valence-electron chi connectivity index (χ2n) is 9.47. The number of rotatable bonds is 8. The first-order valence-electron chi connectivity index (χ1n) is 12.9. The molecule has 2 aliphatic heterocycles. The summed E-state index contributed by atoms with van der Waals surface area (Å²) in [4.78, 5) is 10.3. The van der Waals surface area contributed by atoms with Gasteiger partial charge in [0.25, 0.3) is 0 Å². The first-order valence-corrected chi connectivity index (χ1v) is 12.9. The van der Waals surface area contributed by atoms with Crippen LogP contribution in [0.25, 0.3) is 33.3 Å². The molecule has 196 valence electrons. The van der Waals surface area contributed by atoms with E-state index in [1.54, 1.807) is 0 Å². The summed E-state index contributed by atoms with van der Waals surface area (Å²) in [7, 11) is 0. The Morgan fingerprint density at radius 1 is 1.03 bits per heavy atom. The maximum Gasteiger partial charge on any atom is 0.137 e. The number of aromatic amines is 1. The maximum atomic E-state index is 9.79. The van der Waals surface area contributed by atoms with Gasteiger partial charge in [0.1, 0.15) is 30.2 Å². The van der Waals surface area contributed by atoms with Gasteiger partial charge in [0.2, 0.25) is 0 Å². The van der Waals surface area contributed by atoms with E-state index >= 15 is 0 Å². The van der Waals surface area contributed by atoms with Gasteiger partial charge in [-0.2, -0.15) is 10.4 Å². The van der Waals surface area contributed by atoms with Crippen LogP contribution in [-0.2, 0) is 20.8 Å². The Morgan fingerprint density at radius 3 is 2.79 bits per heavy atom. The standard InChI is InChI=1S/C28H30N6O4/c29-13-21-11-20(1-2-27(21)38-19-24-18-36-9-10-37-24)26-16-31-28-25(26)12-22(14-30-28)23-15-32-34(17-23)4-3-33-5-7-35-8-6-33/h1-2,11-12,14-17,24H,3-10,18-19H2,(H,30,31). The number of nitrogens with one attached hydrogen (secondary N) is 1. The number of hydrogen-bond acceptors (Lipinski definition) is 8. The van der Waals surface area contributed by atoms with Gasteiger partial charge < -0.3 is 23.9 Å². The van der Waals surface area contributed by atoms with Crippen molar-refractivity contribution in [1.29, 1.82) is 5.26 Å². The number of benzene rings is 1. The van der Waals surface area contributed by atoms with E-state index in [-0.39, 0.29) is 6.10 Å². The Balaban J connectivity index is 1.19. The lowest BCUT2D eigenvalue weighted by Crippen LogP contribution is -2.38. The highest BCUT2D eigenvalue weighted by atomic mass is 16.6. The van der Waals surface area contributed by atoms with E-state index in [9.17, 15) is 5.26 Å². The number of ether oxygens (including phenoxy) is 4. The fourth-order valence-corrected chi connectivity index (χ4v) is 4.83. The van der Waals surface area contributed by atoms with Gasteiger partial charge >= 0.3 is 0 Å². The lowest BCUT2D eigenvalue weighted by molar-refractivity contribution is -0.101. The molecule has 1 aromatic carbocycles. The fraction of sp³-hybridized carbons (Fsp3) is 0.393. The van der Waals surface area contributed by atoms with Gasteiger partial charge in [0.15, 0.2) is 0 Å². The zero-order valence-corrected chi connectivity index (χ0v) is 21.1. The van der Waals surface area contributed by atoms with Crippen molar-refractivity contribution in [3.05, 3.63) is 54.6 Å². The molecule has 38 heavy (non-hydrogen) atoms. The van der Waals surface area contributed by atoms with Gasteiger partial charge in [-0.05, 0) is 23.8 Å². The highest BCUT2D eigenvalue weighted by molar-refractivity contribution is 5.96. The van der Waals surface area contributed by atoms with Crippen LogP contribution in [0.1, 0.15) is 5.56 Å². The molecule has 1 atom stereocenters. The molecule has 4 aromatic rings. The molecule has 0 amide bonds. The molecule has 1 N–H and O–H groups in total. The molecule has 10 nitrogen and oxygen atoms in total. The van der Waals surface area contributed by atoms with Crippen LogP contribution >= 0.6 is 0 Å². The van der Waals surface area contributed by atoms with Crippen LogP contribution in [-0.4, -0.2) is 90.0 Å². The van der Waals surface area contributed by atoms with Crippen molar-refractivity contribution in [3.8, 4) is 34.1 Å². The van der Waals surface area contributed by atoms with Crippen LogP contribution in [0.15, 0.2) is 49.1 Å². The van der Waals surface area contributed by atoms with Crippen LogP contribution < -0.4 is 4.74 Å². The van der Waals surface area contributed by atoms with Gasteiger partial charge in [-0.25, -0.2) is 4.98 Å². The van der Waals surface area contributed by atoms with Crippen LogP contribution in [0.3, 0.4) is 0 Å². The van der Waals surface area contributed by atoms with E-state index in [1.165, 1.54) is 0 Å². The van der Waals surface area contributed by atoms with E-state index in [1.807, 2.05) is 41.5 Å². The minimum Gasteiger partial charge on any atom is -0.489 e. The molecule has 0 radical (unpaired) electrons. The van der Waals surface area contributed by atoms with E-state index in [0.717, 1.165) is 72.7 Å². The summed E-state index contributed by atoms with van der Waals surface area (Å²) in [6.07, 6.45) is 7.61. The van der Waals surface area contributed by atoms with E-state index in [4.69, 9.17) is 18.9 Å². The third-order valence-corrected chi connectivity index (χ3v) is 6.97. The number of nitrogens with zero attached hydrogens (tertiary/aromatic N) is 5. The largest absolute Gasteiger partial charge is 0.489 e. The third-order valence-electron chi connectivity index (χ3n) is 6.97. The topological polar surface area (TPSA) is 110 Å². The Kier molecular flexibility index (Phi) is 7.33. The van der Waals surface area contributed by atoms with Crippen molar-refractivity contribution in [2.75, 3.05) is 59.3 Å². The number of pyridine rings is 1. The van der Waals surface area contributed by atoms with Gasteiger partial charge in [0.05, 0.1) is 51.3 Å². The average Bonchev–Trinajstić information content (AvgIpc) is 3.63. The summed E-state index contributed by atoms with van der Waals surface area (Å²) in [5, 5.41) is 15.3.